The Morgan fingerprint density at radius 3 is 2.79 bits per heavy atom. The van der Waals surface area contributed by atoms with Gasteiger partial charge in [0.05, 0.1) is 6.26 Å². The molecule has 0 N–H and O–H groups in total. The molecule has 0 spiro atoms. The number of allylic oxidation sites excluding steroid dienone is 1. The first-order chi connectivity index (χ1) is 6.88. The maximum Gasteiger partial charge on any atom is 0.129 e. The zero-order chi connectivity index (χ0) is 10.2. The number of benzene rings is 1. The van der Waals surface area contributed by atoms with E-state index in [9.17, 15) is 0 Å². The van der Waals surface area contributed by atoms with E-state index in [1.54, 1.807) is 6.26 Å². The van der Waals surface area contributed by atoms with Crippen molar-refractivity contribution in [1.29, 1.82) is 0 Å². The zero-order valence-electron chi connectivity index (χ0n) is 8.99. The van der Waals surface area contributed by atoms with Gasteiger partial charge in [-0.25, -0.2) is 0 Å². The molecular formula is C13H18O. The molecule has 0 bridgehead atoms. The van der Waals surface area contributed by atoms with Crippen molar-refractivity contribution in [2.75, 3.05) is 0 Å². The maximum absolute atomic E-state index is 5.50. The summed E-state index contributed by atoms with van der Waals surface area (Å²) in [5.74, 6) is 0.985. The monoisotopic (exact) mass is 190 g/mol. The summed E-state index contributed by atoms with van der Waals surface area (Å²) in [4.78, 5) is 0. The summed E-state index contributed by atoms with van der Waals surface area (Å²) in [5.41, 5.74) is 1.30. The SMILES string of the molecule is CC=COc1ccccc1CCCC. The van der Waals surface area contributed by atoms with E-state index in [0.717, 1.165) is 12.2 Å². The zero-order valence-corrected chi connectivity index (χ0v) is 8.99. The number of ether oxygens (including phenoxy) is 1. The molecule has 1 aromatic rings. The molecule has 0 heterocycles. The molecule has 1 heteroatoms. The highest BCUT2D eigenvalue weighted by Gasteiger charge is 2.00. The highest BCUT2D eigenvalue weighted by atomic mass is 16.5. The Kier molecular flexibility index (Phi) is 4.84. The van der Waals surface area contributed by atoms with Crippen molar-refractivity contribution in [3.8, 4) is 5.75 Å². The lowest BCUT2D eigenvalue weighted by Crippen LogP contribution is -1.90. The van der Waals surface area contributed by atoms with Crippen LogP contribution >= 0.6 is 0 Å². The lowest BCUT2D eigenvalue weighted by Gasteiger charge is -2.07. The predicted molar refractivity (Wildman–Crippen MR) is 60.5 cm³/mol. The van der Waals surface area contributed by atoms with E-state index in [1.807, 2.05) is 25.1 Å². The Hall–Kier alpha value is -1.24. The van der Waals surface area contributed by atoms with Gasteiger partial charge in [-0.05, 0) is 31.4 Å². The van der Waals surface area contributed by atoms with Gasteiger partial charge in [0.15, 0.2) is 0 Å². The highest BCUT2D eigenvalue weighted by molar-refractivity contribution is 5.33. The second-order valence-corrected chi connectivity index (χ2v) is 3.30. The molecule has 1 rings (SSSR count). The summed E-state index contributed by atoms with van der Waals surface area (Å²) in [6, 6.07) is 8.22. The first kappa shape index (κ1) is 10.8. The van der Waals surface area contributed by atoms with Gasteiger partial charge < -0.3 is 4.74 Å². The fourth-order valence-electron chi connectivity index (χ4n) is 1.33. The van der Waals surface area contributed by atoms with Gasteiger partial charge in [0, 0.05) is 0 Å². The van der Waals surface area contributed by atoms with Crippen molar-refractivity contribution in [2.45, 2.75) is 33.1 Å². The minimum atomic E-state index is 0.985. The molecule has 0 atom stereocenters. The quantitative estimate of drug-likeness (QED) is 0.639. The molecule has 0 aliphatic carbocycles. The van der Waals surface area contributed by atoms with Crippen LogP contribution in [0.5, 0.6) is 5.75 Å². The van der Waals surface area contributed by atoms with E-state index < -0.39 is 0 Å². The van der Waals surface area contributed by atoms with Crippen molar-refractivity contribution in [2.24, 2.45) is 0 Å². The molecule has 0 fully saturated rings. The van der Waals surface area contributed by atoms with Gasteiger partial charge >= 0.3 is 0 Å². The molecule has 0 unspecified atom stereocenters. The molecule has 76 valence electrons. The lowest BCUT2D eigenvalue weighted by molar-refractivity contribution is 0.473. The van der Waals surface area contributed by atoms with Crippen molar-refractivity contribution < 1.29 is 4.74 Å². The van der Waals surface area contributed by atoms with E-state index in [-0.39, 0.29) is 0 Å². The average molecular weight is 190 g/mol. The standard InChI is InChI=1S/C13H18O/c1-3-5-8-12-9-6-7-10-13(12)14-11-4-2/h4,6-7,9-11H,3,5,8H2,1-2H3. The lowest BCUT2D eigenvalue weighted by atomic mass is 10.1. The fourth-order valence-corrected chi connectivity index (χ4v) is 1.33. The molecular weight excluding hydrogens is 172 g/mol. The Morgan fingerprint density at radius 2 is 2.07 bits per heavy atom. The number of hydrogen-bond acceptors (Lipinski definition) is 1. The predicted octanol–water partition coefficient (Wildman–Crippen LogP) is 3.94. The third-order valence-corrected chi connectivity index (χ3v) is 2.10. The first-order valence-electron chi connectivity index (χ1n) is 5.24. The third kappa shape index (κ3) is 3.25. The molecule has 1 aromatic carbocycles. The van der Waals surface area contributed by atoms with Crippen LogP contribution in [0, 0.1) is 0 Å². The number of rotatable bonds is 5. The molecule has 0 radical (unpaired) electrons. The van der Waals surface area contributed by atoms with Crippen LogP contribution in [-0.4, -0.2) is 0 Å². The van der Waals surface area contributed by atoms with E-state index in [1.165, 1.54) is 18.4 Å². The molecule has 1 nitrogen and oxygen atoms in total. The van der Waals surface area contributed by atoms with Crippen LogP contribution in [0.25, 0.3) is 0 Å². The van der Waals surface area contributed by atoms with Gasteiger partial charge in [-0.3, -0.25) is 0 Å². The summed E-state index contributed by atoms with van der Waals surface area (Å²) in [6.07, 6.45) is 7.17. The first-order valence-corrected chi connectivity index (χ1v) is 5.24. The van der Waals surface area contributed by atoms with Crippen LogP contribution in [0.2, 0.25) is 0 Å². The summed E-state index contributed by atoms with van der Waals surface area (Å²) in [7, 11) is 0. The van der Waals surface area contributed by atoms with Gasteiger partial charge in [0.2, 0.25) is 0 Å². The van der Waals surface area contributed by atoms with Crippen molar-refractivity contribution in [1.82, 2.24) is 0 Å². The average Bonchev–Trinajstić information content (AvgIpc) is 2.24. The van der Waals surface area contributed by atoms with Crippen LogP contribution < -0.4 is 4.74 Å². The molecule has 0 aromatic heterocycles. The van der Waals surface area contributed by atoms with Crippen molar-refractivity contribution >= 4 is 0 Å². The third-order valence-electron chi connectivity index (χ3n) is 2.10. The normalized spacial score (nSPS) is 10.7. The fraction of sp³-hybridized carbons (Fsp3) is 0.385. The summed E-state index contributed by atoms with van der Waals surface area (Å²) < 4.78 is 5.50. The van der Waals surface area contributed by atoms with E-state index in [4.69, 9.17) is 4.74 Å². The number of unbranched alkanes of at least 4 members (excludes halogenated alkanes) is 1. The Morgan fingerprint density at radius 1 is 1.29 bits per heavy atom. The van der Waals surface area contributed by atoms with Gasteiger partial charge in [0.25, 0.3) is 0 Å². The molecule has 0 saturated heterocycles. The van der Waals surface area contributed by atoms with E-state index >= 15 is 0 Å². The second kappa shape index (κ2) is 6.25. The second-order valence-electron chi connectivity index (χ2n) is 3.30. The van der Waals surface area contributed by atoms with Crippen LogP contribution in [0.15, 0.2) is 36.6 Å². The number of para-hydroxylation sites is 1. The molecule has 14 heavy (non-hydrogen) atoms. The summed E-state index contributed by atoms with van der Waals surface area (Å²) in [5, 5.41) is 0. The van der Waals surface area contributed by atoms with Crippen LogP contribution in [0.1, 0.15) is 32.3 Å². The van der Waals surface area contributed by atoms with Crippen LogP contribution in [0.4, 0.5) is 0 Å². The van der Waals surface area contributed by atoms with Gasteiger partial charge in [-0.15, -0.1) is 0 Å². The number of aryl methyl sites for hydroxylation is 1. The summed E-state index contributed by atoms with van der Waals surface area (Å²) >= 11 is 0. The largest absolute Gasteiger partial charge is 0.465 e. The molecule has 0 amide bonds. The highest BCUT2D eigenvalue weighted by Crippen LogP contribution is 2.20. The Bertz CT molecular complexity index is 289. The maximum atomic E-state index is 5.50. The number of hydrogen-bond donors (Lipinski definition) is 0. The summed E-state index contributed by atoms with van der Waals surface area (Å²) in [6.45, 7) is 4.16. The van der Waals surface area contributed by atoms with Crippen LogP contribution in [0.3, 0.4) is 0 Å². The minimum Gasteiger partial charge on any atom is -0.465 e. The molecule has 0 aliphatic heterocycles. The van der Waals surface area contributed by atoms with Crippen molar-refractivity contribution in [3.05, 3.63) is 42.2 Å². The smallest absolute Gasteiger partial charge is 0.129 e. The van der Waals surface area contributed by atoms with Gasteiger partial charge in [-0.1, -0.05) is 37.6 Å². The van der Waals surface area contributed by atoms with E-state index in [2.05, 4.69) is 19.1 Å². The van der Waals surface area contributed by atoms with Gasteiger partial charge in [-0.2, -0.15) is 0 Å². The Balaban J connectivity index is 2.69. The van der Waals surface area contributed by atoms with Gasteiger partial charge in [0.1, 0.15) is 5.75 Å². The molecule has 0 saturated carbocycles. The van der Waals surface area contributed by atoms with Crippen molar-refractivity contribution in [3.63, 3.8) is 0 Å². The Labute approximate surface area is 86.4 Å². The minimum absolute atomic E-state index is 0.985. The molecule has 0 aliphatic rings. The topological polar surface area (TPSA) is 9.23 Å². The van der Waals surface area contributed by atoms with Crippen LogP contribution in [-0.2, 0) is 6.42 Å². The van der Waals surface area contributed by atoms with E-state index in [0.29, 0.717) is 0 Å².